The van der Waals surface area contributed by atoms with Gasteiger partial charge in [0.1, 0.15) is 0 Å². The topological polar surface area (TPSA) is 87.2 Å². The van der Waals surface area contributed by atoms with E-state index in [4.69, 9.17) is 9.84 Å². The lowest BCUT2D eigenvalue weighted by Gasteiger charge is -2.35. The minimum Gasteiger partial charge on any atom is -0.478 e. The third kappa shape index (κ3) is 4.25. The second-order valence-electron chi connectivity index (χ2n) is 7.04. The van der Waals surface area contributed by atoms with E-state index in [0.29, 0.717) is 24.6 Å². The van der Waals surface area contributed by atoms with Gasteiger partial charge in [0.2, 0.25) is 10.0 Å². The van der Waals surface area contributed by atoms with Crippen LogP contribution in [-0.2, 0) is 14.8 Å². The number of carbonyl (C=O) groups is 1. The number of aromatic carboxylic acids is 1. The van der Waals surface area contributed by atoms with Crippen molar-refractivity contribution in [1.82, 2.24) is 9.21 Å². The second kappa shape index (κ2) is 8.04. The number of morpholine rings is 1. The smallest absolute Gasteiger partial charge is 0.335 e. The van der Waals surface area contributed by atoms with E-state index in [0.717, 1.165) is 45.7 Å². The number of carboxylic acids is 1. The van der Waals surface area contributed by atoms with E-state index >= 15 is 0 Å². The first-order valence-corrected chi connectivity index (χ1v) is 10.5. The van der Waals surface area contributed by atoms with Crippen molar-refractivity contribution in [2.45, 2.75) is 24.7 Å². The number of hydrogen-bond acceptors (Lipinski definition) is 5. The summed E-state index contributed by atoms with van der Waals surface area (Å²) in [6, 6.07) is 4.22. The van der Waals surface area contributed by atoms with Gasteiger partial charge >= 0.3 is 5.97 Å². The van der Waals surface area contributed by atoms with Crippen molar-refractivity contribution in [1.29, 1.82) is 0 Å². The molecule has 0 aromatic heterocycles. The summed E-state index contributed by atoms with van der Waals surface area (Å²) in [4.78, 5) is 13.7. The highest BCUT2D eigenvalue weighted by Crippen LogP contribution is 2.26. The monoisotopic (exact) mass is 382 g/mol. The fraction of sp³-hybridized carbons (Fsp3) is 0.611. The number of aryl methyl sites for hydroxylation is 1. The van der Waals surface area contributed by atoms with Crippen LogP contribution < -0.4 is 0 Å². The molecule has 2 heterocycles. The quantitative estimate of drug-likeness (QED) is 0.829. The minimum atomic E-state index is -3.58. The van der Waals surface area contributed by atoms with Gasteiger partial charge in [-0.2, -0.15) is 4.31 Å². The summed E-state index contributed by atoms with van der Waals surface area (Å²) in [5.41, 5.74) is 0.592. The van der Waals surface area contributed by atoms with Crippen LogP contribution in [0.5, 0.6) is 0 Å². The largest absolute Gasteiger partial charge is 0.478 e. The van der Waals surface area contributed by atoms with Gasteiger partial charge in [-0.05, 0) is 49.4 Å². The van der Waals surface area contributed by atoms with Gasteiger partial charge in [0.05, 0.1) is 23.7 Å². The van der Waals surface area contributed by atoms with Gasteiger partial charge in [-0.3, -0.25) is 4.90 Å². The van der Waals surface area contributed by atoms with Gasteiger partial charge < -0.3 is 9.84 Å². The molecule has 26 heavy (non-hydrogen) atoms. The highest BCUT2D eigenvalue weighted by atomic mass is 32.2. The molecule has 1 N–H and O–H groups in total. The van der Waals surface area contributed by atoms with E-state index in [1.807, 2.05) is 0 Å². The highest BCUT2D eigenvalue weighted by molar-refractivity contribution is 7.89. The molecule has 0 spiro atoms. The van der Waals surface area contributed by atoms with Crippen LogP contribution in [0.2, 0.25) is 0 Å². The molecule has 0 radical (unpaired) electrons. The number of benzene rings is 1. The molecule has 2 saturated heterocycles. The molecule has 0 atom stereocenters. The third-order valence-electron chi connectivity index (χ3n) is 5.26. The van der Waals surface area contributed by atoms with Crippen LogP contribution in [0.15, 0.2) is 23.1 Å². The molecule has 0 unspecified atom stereocenters. The maximum atomic E-state index is 12.9. The first-order chi connectivity index (χ1) is 12.4. The zero-order valence-electron chi connectivity index (χ0n) is 15.1. The Morgan fingerprint density at radius 2 is 1.85 bits per heavy atom. The average Bonchev–Trinajstić information content (AvgIpc) is 2.62. The average molecular weight is 382 g/mol. The Labute approximate surface area is 154 Å². The first kappa shape index (κ1) is 19.3. The highest BCUT2D eigenvalue weighted by Gasteiger charge is 2.30. The first-order valence-electron chi connectivity index (χ1n) is 9.02. The SMILES string of the molecule is Cc1cc(S(=O)(=O)N2CCC(CN3CCOCC3)CC2)ccc1C(=O)O. The fourth-order valence-electron chi connectivity index (χ4n) is 3.67. The molecule has 2 fully saturated rings. The Hall–Kier alpha value is -1.48. The van der Waals surface area contributed by atoms with Crippen LogP contribution in [0.25, 0.3) is 0 Å². The van der Waals surface area contributed by atoms with Gasteiger partial charge in [-0.15, -0.1) is 0 Å². The molecule has 2 aliphatic rings. The molecule has 1 aromatic rings. The zero-order chi connectivity index (χ0) is 18.7. The number of rotatable bonds is 5. The van der Waals surface area contributed by atoms with Crippen molar-refractivity contribution in [3.8, 4) is 0 Å². The molecule has 144 valence electrons. The Morgan fingerprint density at radius 1 is 1.19 bits per heavy atom. The summed E-state index contributed by atoms with van der Waals surface area (Å²) < 4.78 is 32.6. The molecule has 0 amide bonds. The Kier molecular flexibility index (Phi) is 5.96. The maximum absolute atomic E-state index is 12.9. The van der Waals surface area contributed by atoms with Gasteiger partial charge in [-0.1, -0.05) is 0 Å². The lowest BCUT2D eigenvalue weighted by atomic mass is 9.97. The lowest BCUT2D eigenvalue weighted by Crippen LogP contribution is -2.44. The van der Waals surface area contributed by atoms with Crippen molar-refractivity contribution in [2.75, 3.05) is 45.9 Å². The number of ether oxygens (including phenoxy) is 1. The Morgan fingerprint density at radius 3 is 2.42 bits per heavy atom. The summed E-state index contributed by atoms with van der Waals surface area (Å²) in [5, 5.41) is 9.10. The normalized spacial score (nSPS) is 21.0. The van der Waals surface area contributed by atoms with Crippen molar-refractivity contribution in [3.63, 3.8) is 0 Å². The van der Waals surface area contributed by atoms with Crippen molar-refractivity contribution in [3.05, 3.63) is 29.3 Å². The Balaban J connectivity index is 1.62. The van der Waals surface area contributed by atoms with Crippen molar-refractivity contribution >= 4 is 16.0 Å². The zero-order valence-corrected chi connectivity index (χ0v) is 15.9. The van der Waals surface area contributed by atoms with E-state index in [2.05, 4.69) is 4.90 Å². The van der Waals surface area contributed by atoms with E-state index in [1.54, 1.807) is 6.92 Å². The van der Waals surface area contributed by atoms with E-state index < -0.39 is 16.0 Å². The standard InChI is InChI=1S/C18H26N2O5S/c1-14-12-16(2-3-17(14)18(21)22)26(23,24)20-6-4-15(5-7-20)13-19-8-10-25-11-9-19/h2-3,12,15H,4-11,13H2,1H3,(H,21,22). The van der Waals surface area contributed by atoms with Crippen LogP contribution in [0, 0.1) is 12.8 Å². The predicted molar refractivity (Wildman–Crippen MR) is 96.9 cm³/mol. The van der Waals surface area contributed by atoms with Crippen molar-refractivity contribution < 1.29 is 23.1 Å². The van der Waals surface area contributed by atoms with Crippen LogP contribution in [0.4, 0.5) is 0 Å². The van der Waals surface area contributed by atoms with Crippen LogP contribution in [-0.4, -0.2) is 74.6 Å². The summed E-state index contributed by atoms with van der Waals surface area (Å²) in [6.07, 6.45) is 1.70. The predicted octanol–water partition coefficient (Wildman–Crippen LogP) is 1.43. The molecule has 7 nitrogen and oxygen atoms in total. The van der Waals surface area contributed by atoms with Crippen LogP contribution in [0.1, 0.15) is 28.8 Å². The van der Waals surface area contributed by atoms with E-state index in [-0.39, 0.29) is 10.5 Å². The molecule has 2 aliphatic heterocycles. The van der Waals surface area contributed by atoms with Crippen LogP contribution >= 0.6 is 0 Å². The third-order valence-corrected chi connectivity index (χ3v) is 7.15. The molecule has 3 rings (SSSR count). The summed E-state index contributed by atoms with van der Waals surface area (Å²) in [7, 11) is -3.58. The lowest BCUT2D eigenvalue weighted by molar-refractivity contribution is 0.0269. The van der Waals surface area contributed by atoms with Gasteiger partial charge in [0.25, 0.3) is 0 Å². The van der Waals surface area contributed by atoms with Crippen LogP contribution in [0.3, 0.4) is 0 Å². The second-order valence-corrected chi connectivity index (χ2v) is 8.98. The number of sulfonamides is 1. The minimum absolute atomic E-state index is 0.133. The fourth-order valence-corrected chi connectivity index (χ4v) is 5.22. The van der Waals surface area contributed by atoms with E-state index in [9.17, 15) is 13.2 Å². The number of hydrogen-bond donors (Lipinski definition) is 1. The molecule has 8 heteroatoms. The van der Waals surface area contributed by atoms with E-state index in [1.165, 1.54) is 22.5 Å². The summed E-state index contributed by atoms with van der Waals surface area (Å²) >= 11 is 0. The molecular weight excluding hydrogens is 356 g/mol. The molecule has 1 aromatic carbocycles. The Bertz CT molecular complexity index is 751. The molecule has 0 aliphatic carbocycles. The molecule has 0 saturated carbocycles. The van der Waals surface area contributed by atoms with Gasteiger partial charge in [0.15, 0.2) is 0 Å². The van der Waals surface area contributed by atoms with Crippen molar-refractivity contribution in [2.24, 2.45) is 5.92 Å². The number of carboxylic acid groups (broad SMARTS) is 1. The number of piperidine rings is 1. The molecule has 0 bridgehead atoms. The summed E-state index contributed by atoms with van der Waals surface area (Å²) in [6.45, 7) is 7.11. The molecular formula is C18H26N2O5S. The van der Waals surface area contributed by atoms with Gasteiger partial charge in [0, 0.05) is 32.7 Å². The number of nitrogens with zero attached hydrogens (tertiary/aromatic N) is 2. The maximum Gasteiger partial charge on any atom is 0.335 e. The summed E-state index contributed by atoms with van der Waals surface area (Å²) in [5.74, 6) is -0.536. The van der Waals surface area contributed by atoms with Gasteiger partial charge in [-0.25, -0.2) is 13.2 Å².